The predicted molar refractivity (Wildman–Crippen MR) is 89.7 cm³/mol. The second-order valence-corrected chi connectivity index (χ2v) is 5.79. The number of nitrogens with zero attached hydrogens (tertiary/aromatic N) is 1. The van der Waals surface area contributed by atoms with Crippen LogP contribution in [0.2, 0.25) is 0 Å². The number of anilines is 1. The summed E-state index contributed by atoms with van der Waals surface area (Å²) in [6, 6.07) is 11.5. The Labute approximate surface area is 143 Å². The van der Waals surface area contributed by atoms with Gasteiger partial charge >= 0.3 is 0 Å². The molecule has 0 aliphatic carbocycles. The van der Waals surface area contributed by atoms with Gasteiger partial charge in [0.15, 0.2) is 0 Å². The van der Waals surface area contributed by atoms with Crippen molar-refractivity contribution < 1.29 is 18.4 Å². The molecule has 1 N–H and O–H groups in total. The molecule has 0 saturated heterocycles. The molecular formula is C19H16F2N2O2. The third-order valence-corrected chi connectivity index (χ3v) is 3.99. The van der Waals surface area contributed by atoms with E-state index in [1.807, 2.05) is 30.3 Å². The van der Waals surface area contributed by atoms with E-state index in [0.717, 1.165) is 28.7 Å². The van der Waals surface area contributed by atoms with Crippen LogP contribution in [0, 0.1) is 18.6 Å². The van der Waals surface area contributed by atoms with Gasteiger partial charge in [0.1, 0.15) is 17.3 Å². The van der Waals surface area contributed by atoms with E-state index in [9.17, 15) is 18.4 Å². The fraction of sp³-hybridized carbons (Fsp3) is 0.158. The number of amides is 2. The number of hydrogen-bond donors (Lipinski definition) is 1. The summed E-state index contributed by atoms with van der Waals surface area (Å²) in [5, 5.41) is 2.52. The van der Waals surface area contributed by atoms with Crippen LogP contribution in [-0.4, -0.2) is 23.3 Å². The van der Waals surface area contributed by atoms with Crippen LogP contribution in [0.1, 0.15) is 11.1 Å². The summed E-state index contributed by atoms with van der Waals surface area (Å²) in [5.74, 6) is -2.32. The number of carbonyl (C=O) groups excluding carboxylic acids is 2. The molecule has 0 fully saturated rings. The lowest BCUT2D eigenvalue weighted by Crippen LogP contribution is -2.34. The maximum atomic E-state index is 13.9. The second-order valence-electron chi connectivity index (χ2n) is 5.79. The molecule has 4 nitrogen and oxygen atoms in total. The van der Waals surface area contributed by atoms with Crippen LogP contribution in [0.4, 0.5) is 14.5 Å². The molecule has 0 aromatic heterocycles. The zero-order valence-electron chi connectivity index (χ0n) is 13.6. The Morgan fingerprint density at radius 1 is 1.04 bits per heavy atom. The van der Waals surface area contributed by atoms with Crippen molar-refractivity contribution in [2.75, 3.05) is 11.9 Å². The highest BCUT2D eigenvalue weighted by Crippen LogP contribution is 2.23. The van der Waals surface area contributed by atoms with Crippen molar-refractivity contribution in [3.8, 4) is 0 Å². The number of benzene rings is 2. The first-order valence-electron chi connectivity index (χ1n) is 7.80. The summed E-state index contributed by atoms with van der Waals surface area (Å²) in [6.45, 7) is 1.66. The van der Waals surface area contributed by atoms with Crippen LogP contribution in [0.25, 0.3) is 0 Å². The van der Waals surface area contributed by atoms with E-state index in [-0.39, 0.29) is 23.5 Å². The maximum Gasteiger partial charge on any atom is 0.277 e. The van der Waals surface area contributed by atoms with E-state index in [4.69, 9.17) is 0 Å². The molecule has 3 rings (SSSR count). The molecule has 0 spiro atoms. The minimum Gasteiger partial charge on any atom is -0.348 e. The molecule has 0 atom stereocenters. The highest BCUT2D eigenvalue weighted by molar-refractivity contribution is 6.17. The number of nitrogens with one attached hydrogen (secondary N) is 1. The maximum absolute atomic E-state index is 13.9. The number of rotatable bonds is 5. The van der Waals surface area contributed by atoms with Gasteiger partial charge in [-0.1, -0.05) is 30.3 Å². The van der Waals surface area contributed by atoms with Crippen LogP contribution < -0.4 is 5.32 Å². The van der Waals surface area contributed by atoms with Gasteiger partial charge in [-0.25, -0.2) is 8.78 Å². The largest absolute Gasteiger partial charge is 0.348 e. The van der Waals surface area contributed by atoms with Crippen LogP contribution in [0.3, 0.4) is 0 Å². The Morgan fingerprint density at radius 3 is 2.48 bits per heavy atom. The van der Waals surface area contributed by atoms with Crippen LogP contribution >= 0.6 is 0 Å². The first kappa shape index (κ1) is 16.8. The van der Waals surface area contributed by atoms with Crippen molar-refractivity contribution in [1.29, 1.82) is 0 Å². The third kappa shape index (κ3) is 3.57. The van der Waals surface area contributed by atoms with Crippen molar-refractivity contribution in [2.24, 2.45) is 0 Å². The number of carbonyl (C=O) groups is 2. The van der Waals surface area contributed by atoms with E-state index < -0.39 is 23.4 Å². The van der Waals surface area contributed by atoms with Gasteiger partial charge in [-0.15, -0.1) is 0 Å². The van der Waals surface area contributed by atoms with Crippen molar-refractivity contribution in [1.82, 2.24) is 4.90 Å². The van der Waals surface area contributed by atoms with Crippen molar-refractivity contribution in [3.05, 3.63) is 77.0 Å². The molecular weight excluding hydrogens is 326 g/mol. The Balaban J connectivity index is 1.70. The Bertz CT molecular complexity index is 863. The molecule has 1 aliphatic heterocycles. The monoisotopic (exact) mass is 342 g/mol. The normalized spacial score (nSPS) is 14.0. The number of hydrogen-bond acceptors (Lipinski definition) is 3. The van der Waals surface area contributed by atoms with E-state index in [2.05, 4.69) is 5.32 Å². The molecule has 1 heterocycles. The van der Waals surface area contributed by atoms with Gasteiger partial charge < -0.3 is 5.32 Å². The summed E-state index contributed by atoms with van der Waals surface area (Å²) in [7, 11) is 0. The van der Waals surface area contributed by atoms with Gasteiger partial charge in [0.25, 0.3) is 11.8 Å². The smallest absolute Gasteiger partial charge is 0.277 e. The fourth-order valence-electron chi connectivity index (χ4n) is 2.58. The van der Waals surface area contributed by atoms with Crippen molar-refractivity contribution in [3.63, 3.8) is 0 Å². The zero-order chi connectivity index (χ0) is 18.0. The molecule has 128 valence electrons. The lowest BCUT2D eigenvalue weighted by molar-refractivity contribution is -0.137. The molecule has 25 heavy (non-hydrogen) atoms. The molecule has 0 unspecified atom stereocenters. The van der Waals surface area contributed by atoms with Gasteiger partial charge in [0, 0.05) is 18.7 Å². The summed E-state index contributed by atoms with van der Waals surface area (Å²) < 4.78 is 27.5. The highest BCUT2D eigenvalue weighted by atomic mass is 19.1. The first-order chi connectivity index (χ1) is 12.0. The first-order valence-corrected chi connectivity index (χ1v) is 7.80. The Hall–Kier alpha value is -3.02. The molecule has 1 aliphatic rings. The predicted octanol–water partition coefficient (Wildman–Crippen LogP) is 3.18. The number of halogens is 2. The quantitative estimate of drug-likeness (QED) is 0.849. The SMILES string of the molecule is Cc1cc(F)c(NC2=CC(=O)N(CCc3ccccc3)C2=O)cc1F. The second kappa shape index (κ2) is 6.84. The Kier molecular flexibility index (Phi) is 4.61. The van der Waals surface area contributed by atoms with E-state index in [1.54, 1.807) is 0 Å². The third-order valence-electron chi connectivity index (χ3n) is 3.99. The van der Waals surface area contributed by atoms with Gasteiger partial charge in [-0.3, -0.25) is 14.5 Å². The average Bonchev–Trinajstić information content (AvgIpc) is 2.85. The van der Waals surface area contributed by atoms with Gasteiger partial charge in [0.2, 0.25) is 0 Å². The topological polar surface area (TPSA) is 49.4 Å². The molecule has 2 aromatic carbocycles. The molecule has 0 saturated carbocycles. The van der Waals surface area contributed by atoms with Gasteiger partial charge in [-0.2, -0.15) is 0 Å². The lowest BCUT2D eigenvalue weighted by Gasteiger charge is -2.15. The molecule has 0 radical (unpaired) electrons. The minimum absolute atomic E-state index is 0.0692. The summed E-state index contributed by atoms with van der Waals surface area (Å²) >= 11 is 0. The molecule has 6 heteroatoms. The van der Waals surface area contributed by atoms with Crippen LogP contribution in [-0.2, 0) is 16.0 Å². The van der Waals surface area contributed by atoms with Crippen LogP contribution in [0.15, 0.2) is 54.2 Å². The van der Waals surface area contributed by atoms with E-state index in [0.29, 0.717) is 6.42 Å². The van der Waals surface area contributed by atoms with Crippen molar-refractivity contribution >= 4 is 17.5 Å². The number of aryl methyl sites for hydroxylation is 1. The summed E-state index contributed by atoms with van der Waals surface area (Å²) in [4.78, 5) is 25.5. The average molecular weight is 342 g/mol. The standard InChI is InChI=1S/C19H16F2N2O2/c1-12-9-15(21)16(10-14(12)20)22-17-11-18(24)23(19(17)25)8-7-13-5-3-2-4-6-13/h2-6,9-11,22H,7-8H2,1H3. The highest BCUT2D eigenvalue weighted by Gasteiger charge is 2.31. The lowest BCUT2D eigenvalue weighted by atomic mass is 10.1. The molecule has 2 aromatic rings. The summed E-state index contributed by atoms with van der Waals surface area (Å²) in [5.41, 5.74) is 0.909. The zero-order valence-corrected chi connectivity index (χ0v) is 13.6. The van der Waals surface area contributed by atoms with Crippen molar-refractivity contribution in [2.45, 2.75) is 13.3 Å². The van der Waals surface area contributed by atoms with E-state index in [1.165, 1.54) is 6.92 Å². The van der Waals surface area contributed by atoms with E-state index >= 15 is 0 Å². The van der Waals surface area contributed by atoms with Crippen LogP contribution in [0.5, 0.6) is 0 Å². The fourth-order valence-corrected chi connectivity index (χ4v) is 2.58. The minimum atomic E-state index is -0.692. The molecule has 0 bridgehead atoms. The van der Waals surface area contributed by atoms with Gasteiger partial charge in [0.05, 0.1) is 5.69 Å². The van der Waals surface area contributed by atoms with Gasteiger partial charge in [-0.05, 0) is 30.5 Å². The Morgan fingerprint density at radius 2 is 1.76 bits per heavy atom. The summed E-state index contributed by atoms with van der Waals surface area (Å²) in [6.07, 6.45) is 1.62. The number of imide groups is 1. The molecule has 2 amide bonds.